The van der Waals surface area contributed by atoms with Gasteiger partial charge < -0.3 is 24.8 Å². The highest BCUT2D eigenvalue weighted by atomic mass is 32.1. The Kier molecular flexibility index (Phi) is 5.88. The molecule has 2 N–H and O–H groups in total. The fourth-order valence-electron chi connectivity index (χ4n) is 4.27. The number of ether oxygens (including phenoxy) is 1. The highest BCUT2D eigenvalue weighted by Crippen LogP contribution is 2.44. The third kappa shape index (κ3) is 3.82. The van der Waals surface area contributed by atoms with E-state index in [-0.39, 0.29) is 18.0 Å². The van der Waals surface area contributed by atoms with Crippen molar-refractivity contribution in [3.8, 4) is 5.75 Å². The summed E-state index contributed by atoms with van der Waals surface area (Å²) in [6.45, 7) is 5.69. The second kappa shape index (κ2) is 8.63. The summed E-state index contributed by atoms with van der Waals surface area (Å²) in [5.41, 5.74) is 5.88. The summed E-state index contributed by atoms with van der Waals surface area (Å²) in [7, 11) is 3.65. The number of anilines is 2. The largest absolute Gasteiger partial charge is 0.495 e. The molecule has 1 fully saturated rings. The second-order valence-electron chi connectivity index (χ2n) is 7.95. The second-order valence-corrected chi connectivity index (χ2v) is 8.33. The summed E-state index contributed by atoms with van der Waals surface area (Å²) >= 11 is 5.81. The maximum Gasteiger partial charge on any atom is 0.221 e. The fourth-order valence-corrected chi connectivity index (χ4v) is 4.61. The smallest absolute Gasteiger partial charge is 0.221 e. The number of rotatable bonds is 5. The molecular weight excluding hydrogens is 422 g/mol. The van der Waals surface area contributed by atoms with Crippen LogP contribution in [0.4, 0.5) is 11.4 Å². The molecule has 0 saturated carbocycles. The van der Waals surface area contributed by atoms with E-state index in [1.807, 2.05) is 36.4 Å². The molecule has 0 unspecified atom stereocenters. The number of carbonyl (C=O) groups is 1. The van der Waals surface area contributed by atoms with Gasteiger partial charge in [0, 0.05) is 37.2 Å². The minimum absolute atomic E-state index is 0.115. The van der Waals surface area contributed by atoms with Gasteiger partial charge >= 0.3 is 0 Å². The van der Waals surface area contributed by atoms with Gasteiger partial charge in [0.05, 0.1) is 30.6 Å². The molecule has 0 spiro atoms. The first-order valence-electron chi connectivity index (χ1n) is 10.4. The lowest BCUT2D eigenvalue weighted by atomic mass is 9.96. The van der Waals surface area contributed by atoms with Crippen LogP contribution in [-0.2, 0) is 11.8 Å². The molecule has 4 rings (SSSR count). The van der Waals surface area contributed by atoms with Crippen molar-refractivity contribution in [3.63, 3.8) is 0 Å². The number of amides is 1. The minimum Gasteiger partial charge on any atom is -0.495 e. The van der Waals surface area contributed by atoms with Gasteiger partial charge in [-0.1, -0.05) is 6.07 Å². The third-order valence-corrected chi connectivity index (χ3v) is 6.32. The van der Waals surface area contributed by atoms with Crippen LogP contribution in [0.25, 0.3) is 0 Å². The molecule has 2 aromatic heterocycles. The fraction of sp³-hybridized carbons (Fsp3) is 0.292. The van der Waals surface area contributed by atoms with Crippen molar-refractivity contribution in [2.45, 2.75) is 32.9 Å². The first kappa shape index (κ1) is 21.8. The van der Waals surface area contributed by atoms with Crippen LogP contribution in [0.3, 0.4) is 0 Å². The SMILES string of the molecule is COc1ccc(N2C(=S)N[C@H](c3ccccn3)[C@H]2c2cc(C)n(C)c2C)cc1NC(C)=O. The van der Waals surface area contributed by atoms with Gasteiger partial charge in [0.15, 0.2) is 5.11 Å². The van der Waals surface area contributed by atoms with Crippen LogP contribution >= 0.6 is 12.2 Å². The van der Waals surface area contributed by atoms with Gasteiger partial charge in [0.1, 0.15) is 5.75 Å². The highest BCUT2D eigenvalue weighted by Gasteiger charge is 2.42. The van der Waals surface area contributed by atoms with Gasteiger partial charge in [-0.25, -0.2) is 0 Å². The number of hydrogen-bond donors (Lipinski definition) is 2. The molecule has 1 aliphatic heterocycles. The molecule has 0 radical (unpaired) electrons. The maximum atomic E-state index is 11.8. The number of nitrogens with zero attached hydrogens (tertiary/aromatic N) is 3. The van der Waals surface area contributed by atoms with Crippen molar-refractivity contribution in [3.05, 3.63) is 71.3 Å². The number of nitrogens with one attached hydrogen (secondary N) is 2. The first-order valence-corrected chi connectivity index (χ1v) is 10.8. The van der Waals surface area contributed by atoms with E-state index >= 15 is 0 Å². The van der Waals surface area contributed by atoms with Crippen molar-refractivity contribution in [2.75, 3.05) is 17.3 Å². The zero-order chi connectivity index (χ0) is 23.0. The molecule has 1 aliphatic rings. The van der Waals surface area contributed by atoms with Crippen LogP contribution in [0.1, 0.15) is 41.7 Å². The van der Waals surface area contributed by atoms with E-state index in [1.54, 1.807) is 13.3 Å². The van der Waals surface area contributed by atoms with Gasteiger partial charge in [0.2, 0.25) is 5.91 Å². The van der Waals surface area contributed by atoms with Crippen molar-refractivity contribution in [1.82, 2.24) is 14.9 Å². The Morgan fingerprint density at radius 3 is 2.59 bits per heavy atom. The number of aromatic nitrogens is 2. The van der Waals surface area contributed by atoms with Crippen LogP contribution in [-0.4, -0.2) is 27.7 Å². The molecule has 1 saturated heterocycles. The summed E-state index contributed by atoms with van der Waals surface area (Å²) in [6.07, 6.45) is 1.80. The molecule has 0 aliphatic carbocycles. The van der Waals surface area contributed by atoms with E-state index in [2.05, 4.69) is 52.0 Å². The van der Waals surface area contributed by atoms with Crippen molar-refractivity contribution >= 4 is 34.6 Å². The number of aryl methyl sites for hydroxylation is 1. The summed E-state index contributed by atoms with van der Waals surface area (Å²) in [4.78, 5) is 18.5. The summed E-state index contributed by atoms with van der Waals surface area (Å²) in [5.74, 6) is 0.423. The highest BCUT2D eigenvalue weighted by molar-refractivity contribution is 7.80. The number of methoxy groups -OCH3 is 1. The predicted octanol–water partition coefficient (Wildman–Crippen LogP) is 4.18. The number of thiocarbonyl (C=S) groups is 1. The normalized spacial score (nSPS) is 17.9. The van der Waals surface area contributed by atoms with E-state index in [1.165, 1.54) is 23.9 Å². The molecule has 2 atom stereocenters. The van der Waals surface area contributed by atoms with E-state index in [4.69, 9.17) is 17.0 Å². The Morgan fingerprint density at radius 1 is 1.22 bits per heavy atom. The average molecular weight is 450 g/mol. The Hall–Kier alpha value is -3.39. The lowest BCUT2D eigenvalue weighted by Crippen LogP contribution is -2.29. The first-order chi connectivity index (χ1) is 15.3. The van der Waals surface area contributed by atoms with E-state index < -0.39 is 0 Å². The Bertz CT molecular complexity index is 1170. The Balaban J connectivity index is 1.87. The Morgan fingerprint density at radius 2 is 2.00 bits per heavy atom. The van der Waals surface area contributed by atoms with Crippen LogP contribution in [0.2, 0.25) is 0 Å². The minimum atomic E-state index is -0.167. The predicted molar refractivity (Wildman–Crippen MR) is 130 cm³/mol. The zero-order valence-corrected chi connectivity index (χ0v) is 19.7. The molecule has 7 nitrogen and oxygen atoms in total. The number of benzene rings is 1. The lowest BCUT2D eigenvalue weighted by molar-refractivity contribution is -0.114. The summed E-state index contributed by atoms with van der Waals surface area (Å²) in [6, 6.07) is 13.6. The summed E-state index contributed by atoms with van der Waals surface area (Å²) < 4.78 is 7.62. The van der Waals surface area contributed by atoms with Crippen LogP contribution < -0.4 is 20.3 Å². The third-order valence-electron chi connectivity index (χ3n) is 6.00. The van der Waals surface area contributed by atoms with Crippen molar-refractivity contribution < 1.29 is 9.53 Å². The van der Waals surface area contributed by atoms with E-state index in [0.717, 1.165) is 11.4 Å². The molecule has 32 heavy (non-hydrogen) atoms. The maximum absolute atomic E-state index is 11.8. The molecule has 166 valence electrons. The van der Waals surface area contributed by atoms with Gasteiger partial charge in [0.25, 0.3) is 0 Å². The van der Waals surface area contributed by atoms with Gasteiger partial charge in [-0.2, -0.15) is 0 Å². The average Bonchev–Trinajstić information content (AvgIpc) is 3.25. The van der Waals surface area contributed by atoms with Gasteiger partial charge in [-0.3, -0.25) is 9.78 Å². The number of carbonyl (C=O) groups excluding carboxylic acids is 1. The number of pyridine rings is 1. The Labute approximate surface area is 193 Å². The molecule has 3 heterocycles. The summed E-state index contributed by atoms with van der Waals surface area (Å²) in [5, 5.41) is 6.94. The molecule has 3 aromatic rings. The van der Waals surface area contributed by atoms with E-state index in [0.29, 0.717) is 16.5 Å². The van der Waals surface area contributed by atoms with E-state index in [9.17, 15) is 4.79 Å². The molecule has 8 heteroatoms. The molecule has 0 bridgehead atoms. The van der Waals surface area contributed by atoms with Gasteiger partial charge in [-0.05, 0) is 68.0 Å². The topological polar surface area (TPSA) is 71.4 Å². The van der Waals surface area contributed by atoms with Crippen molar-refractivity contribution in [2.24, 2.45) is 7.05 Å². The number of hydrogen-bond acceptors (Lipinski definition) is 4. The monoisotopic (exact) mass is 449 g/mol. The molecule has 1 amide bonds. The standard InChI is InChI=1S/C24H27N5O2S/c1-14-12-18(15(2)28(14)4)23-22(19-8-6-7-11-25-19)27-24(32)29(23)17-9-10-21(31-5)20(13-17)26-16(3)30/h6-13,22-23H,1-5H3,(H,26,30)(H,27,32)/t22-,23-/m1/s1. The van der Waals surface area contributed by atoms with Crippen LogP contribution in [0, 0.1) is 13.8 Å². The molecule has 1 aromatic carbocycles. The quantitative estimate of drug-likeness (QED) is 0.570. The molecular formula is C24H27N5O2S. The van der Waals surface area contributed by atoms with Crippen LogP contribution in [0.15, 0.2) is 48.7 Å². The lowest BCUT2D eigenvalue weighted by Gasteiger charge is -2.28. The van der Waals surface area contributed by atoms with Crippen LogP contribution in [0.5, 0.6) is 5.75 Å². The zero-order valence-electron chi connectivity index (χ0n) is 18.8. The van der Waals surface area contributed by atoms with Crippen molar-refractivity contribution in [1.29, 1.82) is 0 Å². The van der Waals surface area contributed by atoms with Gasteiger partial charge in [-0.15, -0.1) is 0 Å².